The van der Waals surface area contributed by atoms with Crippen molar-refractivity contribution in [3.05, 3.63) is 24.3 Å². The largest absolute Gasteiger partial charge is 0.396 e. The van der Waals surface area contributed by atoms with Gasteiger partial charge in [0, 0.05) is 19.0 Å². The predicted molar refractivity (Wildman–Crippen MR) is 41.6 cm³/mol. The third kappa shape index (κ3) is 1.14. The molecule has 12 heavy (non-hydrogen) atoms. The summed E-state index contributed by atoms with van der Waals surface area (Å²) in [6.45, 7) is 0.127. The Bertz CT molecular complexity index is 384. The topological polar surface area (TPSA) is 63.3 Å². The van der Waals surface area contributed by atoms with Crippen LogP contribution in [0.4, 0.5) is 0 Å². The highest BCUT2D eigenvalue weighted by Crippen LogP contribution is 1.98. The van der Waals surface area contributed by atoms with Crippen LogP contribution < -0.4 is 0 Å². The van der Waals surface area contributed by atoms with Crippen LogP contribution in [0.2, 0.25) is 0 Å². The van der Waals surface area contributed by atoms with Gasteiger partial charge >= 0.3 is 0 Å². The summed E-state index contributed by atoms with van der Waals surface area (Å²) in [7, 11) is 0. The van der Waals surface area contributed by atoms with Crippen molar-refractivity contribution in [3.63, 3.8) is 0 Å². The molecule has 2 aromatic heterocycles. The molecule has 0 bridgehead atoms. The highest BCUT2D eigenvalue weighted by Gasteiger charge is 1.97. The SMILES string of the molecule is OCCc1cnc2ncnn2c1. The van der Waals surface area contributed by atoms with Gasteiger partial charge in [0.05, 0.1) is 0 Å². The minimum absolute atomic E-state index is 0.127. The molecule has 1 N–H and O–H groups in total. The van der Waals surface area contributed by atoms with Crippen molar-refractivity contribution in [1.82, 2.24) is 19.6 Å². The maximum atomic E-state index is 8.67. The quantitative estimate of drug-likeness (QED) is 0.659. The van der Waals surface area contributed by atoms with E-state index in [1.54, 1.807) is 10.7 Å². The van der Waals surface area contributed by atoms with Crippen molar-refractivity contribution >= 4 is 5.78 Å². The van der Waals surface area contributed by atoms with Crippen LogP contribution in [0.3, 0.4) is 0 Å². The molecule has 0 aliphatic heterocycles. The Hall–Kier alpha value is -1.49. The van der Waals surface area contributed by atoms with Crippen molar-refractivity contribution in [3.8, 4) is 0 Å². The molecule has 0 saturated heterocycles. The Morgan fingerprint density at radius 1 is 1.42 bits per heavy atom. The van der Waals surface area contributed by atoms with Crippen LogP contribution in [-0.2, 0) is 6.42 Å². The maximum absolute atomic E-state index is 8.67. The Kier molecular flexibility index (Phi) is 1.71. The monoisotopic (exact) mass is 164 g/mol. The predicted octanol–water partition coefficient (Wildman–Crippen LogP) is -0.341. The highest BCUT2D eigenvalue weighted by atomic mass is 16.2. The van der Waals surface area contributed by atoms with E-state index in [0.29, 0.717) is 12.2 Å². The van der Waals surface area contributed by atoms with Gasteiger partial charge in [0.2, 0.25) is 0 Å². The van der Waals surface area contributed by atoms with Crippen LogP contribution in [0.5, 0.6) is 0 Å². The summed E-state index contributed by atoms with van der Waals surface area (Å²) in [5.41, 5.74) is 0.954. The van der Waals surface area contributed by atoms with E-state index >= 15 is 0 Å². The van der Waals surface area contributed by atoms with E-state index in [-0.39, 0.29) is 6.61 Å². The van der Waals surface area contributed by atoms with E-state index in [1.165, 1.54) is 6.33 Å². The van der Waals surface area contributed by atoms with Crippen LogP contribution in [0.1, 0.15) is 5.56 Å². The second kappa shape index (κ2) is 2.86. The van der Waals surface area contributed by atoms with Crippen LogP contribution >= 0.6 is 0 Å². The van der Waals surface area contributed by atoms with E-state index < -0.39 is 0 Å². The molecule has 0 atom stereocenters. The van der Waals surface area contributed by atoms with Crippen molar-refractivity contribution < 1.29 is 5.11 Å². The number of hydrogen-bond acceptors (Lipinski definition) is 4. The van der Waals surface area contributed by atoms with E-state index in [2.05, 4.69) is 15.1 Å². The molecule has 0 aliphatic carbocycles. The maximum Gasteiger partial charge on any atom is 0.252 e. The van der Waals surface area contributed by atoms with Gasteiger partial charge in [-0.2, -0.15) is 10.1 Å². The van der Waals surface area contributed by atoms with Crippen LogP contribution in [0.15, 0.2) is 18.7 Å². The van der Waals surface area contributed by atoms with Crippen molar-refractivity contribution in [2.24, 2.45) is 0 Å². The molecule has 2 aromatic rings. The molecule has 0 radical (unpaired) electrons. The van der Waals surface area contributed by atoms with Gasteiger partial charge in [-0.05, 0) is 12.0 Å². The van der Waals surface area contributed by atoms with Crippen LogP contribution in [0, 0.1) is 0 Å². The second-order valence-corrected chi connectivity index (χ2v) is 2.44. The minimum Gasteiger partial charge on any atom is -0.396 e. The van der Waals surface area contributed by atoms with Gasteiger partial charge in [0.1, 0.15) is 6.33 Å². The van der Waals surface area contributed by atoms with E-state index in [9.17, 15) is 0 Å². The Morgan fingerprint density at radius 2 is 2.33 bits per heavy atom. The molecule has 0 fully saturated rings. The Balaban J connectivity index is 2.46. The summed E-state index contributed by atoms with van der Waals surface area (Å²) in [5, 5.41) is 12.6. The summed E-state index contributed by atoms with van der Waals surface area (Å²) >= 11 is 0. The first kappa shape index (κ1) is 7.17. The number of rotatable bonds is 2. The Labute approximate surface area is 68.7 Å². The standard InChI is InChI=1S/C7H8N4O/c12-2-1-6-3-8-7-9-5-10-11(7)4-6/h3-5,12H,1-2H2. The summed E-state index contributed by atoms with van der Waals surface area (Å²) in [5.74, 6) is 0.580. The zero-order valence-corrected chi connectivity index (χ0v) is 6.38. The second-order valence-electron chi connectivity index (χ2n) is 2.44. The highest BCUT2D eigenvalue weighted by molar-refractivity contribution is 5.25. The molecule has 0 aromatic carbocycles. The summed E-state index contributed by atoms with van der Waals surface area (Å²) in [6.07, 6.45) is 5.56. The molecular formula is C7H8N4O. The average Bonchev–Trinajstić information content (AvgIpc) is 2.51. The number of aliphatic hydroxyl groups excluding tert-OH is 1. The molecule has 2 rings (SSSR count). The molecule has 5 heteroatoms. The van der Waals surface area contributed by atoms with Gasteiger partial charge in [0.25, 0.3) is 5.78 Å². The smallest absolute Gasteiger partial charge is 0.252 e. The third-order valence-electron chi connectivity index (χ3n) is 1.59. The molecule has 0 saturated carbocycles. The molecule has 2 heterocycles. The molecular weight excluding hydrogens is 156 g/mol. The van der Waals surface area contributed by atoms with Gasteiger partial charge in [-0.1, -0.05) is 0 Å². The van der Waals surface area contributed by atoms with E-state index in [4.69, 9.17) is 5.11 Å². The summed E-state index contributed by atoms with van der Waals surface area (Å²) < 4.78 is 1.59. The number of aromatic nitrogens is 4. The lowest BCUT2D eigenvalue weighted by atomic mass is 10.3. The first-order chi connectivity index (χ1) is 5.90. The summed E-state index contributed by atoms with van der Waals surface area (Å²) in [4.78, 5) is 7.94. The van der Waals surface area contributed by atoms with Gasteiger partial charge in [-0.25, -0.2) is 9.50 Å². The lowest BCUT2D eigenvalue weighted by Crippen LogP contribution is -1.97. The molecule has 0 spiro atoms. The fourth-order valence-corrected chi connectivity index (χ4v) is 1.02. The molecule has 62 valence electrons. The lowest BCUT2D eigenvalue weighted by Gasteiger charge is -1.96. The number of fused-ring (bicyclic) bond motifs is 1. The van der Waals surface area contributed by atoms with Gasteiger partial charge in [0.15, 0.2) is 0 Å². The van der Waals surface area contributed by atoms with Gasteiger partial charge < -0.3 is 5.11 Å². The van der Waals surface area contributed by atoms with Crippen LogP contribution in [0.25, 0.3) is 5.78 Å². The van der Waals surface area contributed by atoms with Crippen molar-refractivity contribution in [2.75, 3.05) is 6.61 Å². The van der Waals surface area contributed by atoms with Crippen molar-refractivity contribution in [1.29, 1.82) is 0 Å². The molecule has 0 unspecified atom stereocenters. The number of aliphatic hydroxyl groups is 1. The fourth-order valence-electron chi connectivity index (χ4n) is 1.02. The van der Waals surface area contributed by atoms with Gasteiger partial charge in [-0.15, -0.1) is 0 Å². The van der Waals surface area contributed by atoms with E-state index in [1.807, 2.05) is 6.20 Å². The minimum atomic E-state index is 0.127. The Morgan fingerprint density at radius 3 is 3.17 bits per heavy atom. The zero-order valence-electron chi connectivity index (χ0n) is 6.38. The summed E-state index contributed by atoms with van der Waals surface area (Å²) in [6, 6.07) is 0. The zero-order chi connectivity index (χ0) is 8.39. The van der Waals surface area contributed by atoms with Crippen LogP contribution in [-0.4, -0.2) is 31.3 Å². The van der Waals surface area contributed by atoms with E-state index in [0.717, 1.165) is 5.56 Å². The normalized spacial score (nSPS) is 10.8. The number of nitrogens with zero attached hydrogens (tertiary/aromatic N) is 4. The first-order valence-electron chi connectivity index (χ1n) is 3.65. The number of hydrogen-bond donors (Lipinski definition) is 1. The molecule has 0 amide bonds. The first-order valence-corrected chi connectivity index (χ1v) is 3.65. The lowest BCUT2D eigenvalue weighted by molar-refractivity contribution is 0.299. The molecule has 5 nitrogen and oxygen atoms in total. The fraction of sp³-hybridized carbons (Fsp3) is 0.286. The third-order valence-corrected chi connectivity index (χ3v) is 1.59. The van der Waals surface area contributed by atoms with Crippen molar-refractivity contribution in [2.45, 2.75) is 6.42 Å². The molecule has 0 aliphatic rings. The van der Waals surface area contributed by atoms with Gasteiger partial charge in [-0.3, -0.25) is 0 Å². The average molecular weight is 164 g/mol.